The van der Waals surface area contributed by atoms with Crippen molar-refractivity contribution in [3.05, 3.63) is 35.9 Å². The van der Waals surface area contributed by atoms with Gasteiger partial charge >= 0.3 is 5.97 Å². The number of nitrogens with two attached hydrogens (primary N) is 1. The Bertz CT molecular complexity index is 602. The van der Waals surface area contributed by atoms with Gasteiger partial charge in [0.05, 0.1) is 12.7 Å². The Morgan fingerprint density at radius 2 is 2.32 bits per heavy atom. The number of hydrogen-bond donors (Lipinski definition) is 2. The van der Waals surface area contributed by atoms with Crippen LogP contribution in [-0.2, 0) is 6.54 Å². The Morgan fingerprint density at radius 3 is 2.95 bits per heavy atom. The molecule has 0 fully saturated rings. The van der Waals surface area contributed by atoms with Crippen LogP contribution in [0, 0.1) is 5.82 Å². The van der Waals surface area contributed by atoms with E-state index in [1.807, 2.05) is 0 Å². The van der Waals surface area contributed by atoms with E-state index in [0.717, 1.165) is 0 Å². The normalized spacial score (nSPS) is 10.6. The number of aromatic carboxylic acids is 1. The van der Waals surface area contributed by atoms with Gasteiger partial charge in [-0.2, -0.15) is 0 Å². The van der Waals surface area contributed by atoms with Crippen molar-refractivity contribution in [1.29, 1.82) is 0 Å². The Kier molecular flexibility index (Phi) is 4.00. The van der Waals surface area contributed by atoms with Crippen LogP contribution in [-0.4, -0.2) is 31.8 Å². The summed E-state index contributed by atoms with van der Waals surface area (Å²) in [7, 11) is 0. The zero-order valence-electron chi connectivity index (χ0n) is 9.78. The van der Waals surface area contributed by atoms with Gasteiger partial charge in [-0.05, 0) is 18.2 Å². The van der Waals surface area contributed by atoms with Gasteiger partial charge in [0.1, 0.15) is 5.82 Å². The number of hydrogen-bond acceptors (Lipinski definition) is 5. The van der Waals surface area contributed by atoms with Crippen molar-refractivity contribution in [3.63, 3.8) is 0 Å². The number of nitrogens with zero attached hydrogens (tertiary/aromatic N) is 3. The van der Waals surface area contributed by atoms with Crippen molar-refractivity contribution in [2.75, 3.05) is 11.5 Å². The summed E-state index contributed by atoms with van der Waals surface area (Å²) < 4.78 is 14.9. The molecule has 0 aliphatic rings. The Hall–Kier alpha value is -2.09. The van der Waals surface area contributed by atoms with Crippen molar-refractivity contribution < 1.29 is 14.3 Å². The van der Waals surface area contributed by atoms with E-state index >= 15 is 0 Å². The molecule has 6 nitrogen and oxygen atoms in total. The lowest BCUT2D eigenvalue weighted by atomic mass is 10.3. The van der Waals surface area contributed by atoms with Gasteiger partial charge in [-0.15, -0.1) is 16.9 Å². The smallest absolute Gasteiger partial charge is 0.358 e. The van der Waals surface area contributed by atoms with Gasteiger partial charge in [0, 0.05) is 16.3 Å². The maximum atomic E-state index is 13.5. The van der Waals surface area contributed by atoms with Crippen LogP contribution in [0.5, 0.6) is 0 Å². The Balaban J connectivity index is 1.90. The Morgan fingerprint density at radius 1 is 1.53 bits per heavy atom. The lowest BCUT2D eigenvalue weighted by Crippen LogP contribution is -2.01. The molecule has 0 saturated heterocycles. The van der Waals surface area contributed by atoms with Crippen molar-refractivity contribution in [2.45, 2.75) is 11.4 Å². The third-order valence-corrected chi connectivity index (χ3v) is 3.32. The number of carboxylic acid groups (broad SMARTS) is 1. The number of benzene rings is 1. The van der Waals surface area contributed by atoms with Crippen LogP contribution in [0.3, 0.4) is 0 Å². The summed E-state index contributed by atoms with van der Waals surface area (Å²) in [5.41, 5.74) is 5.72. The van der Waals surface area contributed by atoms with Crippen LogP contribution < -0.4 is 5.73 Å². The average Bonchev–Trinajstić information content (AvgIpc) is 2.81. The molecule has 0 unspecified atom stereocenters. The molecule has 0 aliphatic heterocycles. The van der Waals surface area contributed by atoms with E-state index in [0.29, 0.717) is 22.9 Å². The van der Waals surface area contributed by atoms with Crippen molar-refractivity contribution in [1.82, 2.24) is 15.0 Å². The number of nitrogen functional groups attached to an aromatic ring is 1. The number of aromatic nitrogens is 3. The summed E-state index contributed by atoms with van der Waals surface area (Å²) in [5, 5.41) is 15.8. The molecule has 100 valence electrons. The number of rotatable bonds is 5. The quantitative estimate of drug-likeness (QED) is 0.637. The van der Waals surface area contributed by atoms with Gasteiger partial charge in [0.15, 0.2) is 5.69 Å². The van der Waals surface area contributed by atoms with E-state index in [-0.39, 0.29) is 11.5 Å². The molecule has 0 atom stereocenters. The van der Waals surface area contributed by atoms with Crippen molar-refractivity contribution >= 4 is 23.4 Å². The zero-order valence-corrected chi connectivity index (χ0v) is 10.6. The first kappa shape index (κ1) is 13.3. The first-order valence-corrected chi connectivity index (χ1v) is 6.36. The Labute approximate surface area is 112 Å². The van der Waals surface area contributed by atoms with Gasteiger partial charge in [0.2, 0.25) is 0 Å². The number of anilines is 1. The molecular formula is C11H11FN4O2S. The third-order valence-electron chi connectivity index (χ3n) is 2.29. The fourth-order valence-electron chi connectivity index (χ4n) is 1.39. The fourth-order valence-corrected chi connectivity index (χ4v) is 2.25. The number of aryl methyl sites for hydroxylation is 1. The molecule has 0 saturated carbocycles. The topological polar surface area (TPSA) is 94.0 Å². The SMILES string of the molecule is Nc1ccc(SCCn2cc(C(=O)O)nn2)c(F)c1. The van der Waals surface area contributed by atoms with Gasteiger partial charge in [-0.25, -0.2) is 9.18 Å². The zero-order chi connectivity index (χ0) is 13.8. The van der Waals surface area contributed by atoms with Gasteiger partial charge in [-0.3, -0.25) is 4.68 Å². The second kappa shape index (κ2) is 5.70. The second-order valence-electron chi connectivity index (χ2n) is 3.71. The van der Waals surface area contributed by atoms with Crippen LogP contribution in [0.25, 0.3) is 0 Å². The number of carbonyl (C=O) groups is 1. The maximum absolute atomic E-state index is 13.5. The van der Waals surface area contributed by atoms with Crippen LogP contribution >= 0.6 is 11.8 Å². The summed E-state index contributed by atoms with van der Waals surface area (Å²) in [6, 6.07) is 4.50. The minimum Gasteiger partial charge on any atom is -0.476 e. The maximum Gasteiger partial charge on any atom is 0.358 e. The largest absolute Gasteiger partial charge is 0.476 e. The van der Waals surface area contributed by atoms with E-state index in [9.17, 15) is 9.18 Å². The van der Waals surface area contributed by atoms with Gasteiger partial charge in [-0.1, -0.05) is 5.21 Å². The number of thioether (sulfide) groups is 1. The molecule has 0 bridgehead atoms. The monoisotopic (exact) mass is 282 g/mol. The summed E-state index contributed by atoms with van der Waals surface area (Å²) >= 11 is 1.30. The lowest BCUT2D eigenvalue weighted by Gasteiger charge is -2.03. The minimum atomic E-state index is -1.12. The highest BCUT2D eigenvalue weighted by Crippen LogP contribution is 2.23. The van der Waals surface area contributed by atoms with Crippen LogP contribution in [0.2, 0.25) is 0 Å². The van der Waals surface area contributed by atoms with E-state index in [2.05, 4.69) is 10.3 Å². The first-order chi connectivity index (χ1) is 9.06. The standard InChI is InChI=1S/C11H11FN4O2S/c12-8-5-7(13)1-2-10(8)19-4-3-16-6-9(11(17)18)14-15-16/h1-2,5-6H,3-4,13H2,(H,17,18). The third kappa shape index (κ3) is 3.44. The fraction of sp³-hybridized carbons (Fsp3) is 0.182. The molecule has 2 aromatic rings. The number of carboxylic acids is 1. The molecule has 0 radical (unpaired) electrons. The summed E-state index contributed by atoms with van der Waals surface area (Å²) in [6.07, 6.45) is 1.34. The van der Waals surface area contributed by atoms with E-state index in [1.165, 1.54) is 28.7 Å². The molecule has 19 heavy (non-hydrogen) atoms. The van der Waals surface area contributed by atoms with E-state index in [4.69, 9.17) is 10.8 Å². The molecular weight excluding hydrogens is 271 g/mol. The molecule has 3 N–H and O–H groups in total. The number of halogens is 1. The van der Waals surface area contributed by atoms with Crippen LogP contribution in [0.1, 0.15) is 10.5 Å². The molecule has 1 heterocycles. The summed E-state index contributed by atoms with van der Waals surface area (Å²) in [4.78, 5) is 11.1. The lowest BCUT2D eigenvalue weighted by molar-refractivity contribution is 0.0690. The second-order valence-corrected chi connectivity index (χ2v) is 4.85. The van der Waals surface area contributed by atoms with Crippen molar-refractivity contribution in [2.24, 2.45) is 0 Å². The van der Waals surface area contributed by atoms with Gasteiger partial charge < -0.3 is 10.8 Å². The minimum absolute atomic E-state index is 0.108. The van der Waals surface area contributed by atoms with Gasteiger partial charge in [0.25, 0.3) is 0 Å². The molecule has 1 aromatic carbocycles. The highest BCUT2D eigenvalue weighted by Gasteiger charge is 2.08. The molecule has 0 amide bonds. The molecule has 8 heteroatoms. The highest BCUT2D eigenvalue weighted by atomic mass is 32.2. The van der Waals surface area contributed by atoms with E-state index < -0.39 is 5.97 Å². The molecule has 2 rings (SSSR count). The summed E-state index contributed by atoms with van der Waals surface area (Å²) in [6.45, 7) is 0.439. The first-order valence-electron chi connectivity index (χ1n) is 5.37. The summed E-state index contributed by atoms with van der Waals surface area (Å²) in [5.74, 6) is -0.943. The van der Waals surface area contributed by atoms with E-state index in [1.54, 1.807) is 12.1 Å². The molecule has 0 aliphatic carbocycles. The average molecular weight is 282 g/mol. The highest BCUT2D eigenvalue weighted by molar-refractivity contribution is 7.99. The molecule has 0 spiro atoms. The predicted molar refractivity (Wildman–Crippen MR) is 68.5 cm³/mol. The van der Waals surface area contributed by atoms with Crippen LogP contribution in [0.15, 0.2) is 29.3 Å². The predicted octanol–water partition coefficient (Wildman–Crippen LogP) is 1.49. The van der Waals surface area contributed by atoms with Crippen molar-refractivity contribution in [3.8, 4) is 0 Å². The van der Waals surface area contributed by atoms with Crippen LogP contribution in [0.4, 0.5) is 10.1 Å². The molecule has 1 aromatic heterocycles.